The van der Waals surface area contributed by atoms with Gasteiger partial charge < -0.3 is 9.84 Å². The Morgan fingerprint density at radius 2 is 2.41 bits per heavy atom. The van der Waals surface area contributed by atoms with Gasteiger partial charge in [0, 0.05) is 13.0 Å². The first-order valence-corrected chi connectivity index (χ1v) is 5.91. The lowest BCUT2D eigenvalue weighted by Gasteiger charge is -2.21. The maximum atomic E-state index is 10.9. The first-order chi connectivity index (χ1) is 8.16. The molecule has 1 saturated heterocycles. The minimum absolute atomic E-state index is 0.0609. The van der Waals surface area contributed by atoms with Crippen LogP contribution < -0.4 is 0 Å². The molecule has 1 N–H and O–H groups in total. The van der Waals surface area contributed by atoms with Gasteiger partial charge in [-0.15, -0.1) is 0 Å². The summed E-state index contributed by atoms with van der Waals surface area (Å²) in [5.41, 5.74) is -0.146. The Labute approximate surface area is 104 Å². The molecule has 1 aliphatic rings. The fraction of sp³-hybridized carbons (Fsp3) is 0.545. The number of aromatic nitrogens is 2. The van der Waals surface area contributed by atoms with Gasteiger partial charge >= 0.3 is 5.97 Å². The largest absolute Gasteiger partial charge is 0.476 e. The van der Waals surface area contributed by atoms with Gasteiger partial charge in [-0.2, -0.15) is 0 Å². The van der Waals surface area contributed by atoms with Crippen LogP contribution in [-0.2, 0) is 11.2 Å². The second-order valence-electron chi connectivity index (χ2n) is 3.98. The first kappa shape index (κ1) is 12.3. The van der Waals surface area contributed by atoms with E-state index in [-0.39, 0.29) is 16.8 Å². The molecule has 1 fully saturated rings. The molecule has 0 aliphatic carbocycles. The van der Waals surface area contributed by atoms with Crippen molar-refractivity contribution in [1.82, 2.24) is 9.97 Å². The minimum atomic E-state index is -1.14. The third-order valence-corrected chi connectivity index (χ3v) is 2.96. The highest BCUT2D eigenvalue weighted by atomic mass is 35.5. The van der Waals surface area contributed by atoms with Crippen LogP contribution in [0.2, 0.25) is 5.02 Å². The monoisotopic (exact) mass is 256 g/mol. The second kappa shape index (κ2) is 5.42. The van der Waals surface area contributed by atoms with Crippen LogP contribution in [0, 0.1) is 0 Å². The molecule has 1 unspecified atom stereocenters. The molecule has 0 amide bonds. The fourth-order valence-electron chi connectivity index (χ4n) is 1.82. The molecule has 92 valence electrons. The van der Waals surface area contributed by atoms with E-state index in [9.17, 15) is 4.79 Å². The zero-order valence-corrected chi connectivity index (χ0v) is 9.98. The molecule has 1 aliphatic heterocycles. The molecular formula is C11H13ClN2O3. The molecule has 6 heteroatoms. The van der Waals surface area contributed by atoms with Crippen LogP contribution >= 0.6 is 11.6 Å². The normalized spacial score (nSPS) is 20.2. The van der Waals surface area contributed by atoms with E-state index in [2.05, 4.69) is 9.97 Å². The lowest BCUT2D eigenvalue weighted by Crippen LogP contribution is -2.22. The Morgan fingerprint density at radius 3 is 3.06 bits per heavy atom. The molecule has 1 aromatic heterocycles. The van der Waals surface area contributed by atoms with Crippen molar-refractivity contribution in [1.29, 1.82) is 0 Å². The van der Waals surface area contributed by atoms with Gasteiger partial charge in [0.15, 0.2) is 5.69 Å². The Morgan fingerprint density at radius 1 is 1.59 bits per heavy atom. The van der Waals surface area contributed by atoms with Gasteiger partial charge in [-0.3, -0.25) is 0 Å². The Balaban J connectivity index is 2.10. The van der Waals surface area contributed by atoms with E-state index in [4.69, 9.17) is 21.4 Å². The summed E-state index contributed by atoms with van der Waals surface area (Å²) in [7, 11) is 0. The predicted octanol–water partition coefficient (Wildman–Crippen LogP) is 1.94. The van der Waals surface area contributed by atoms with Gasteiger partial charge in [0.25, 0.3) is 0 Å². The van der Waals surface area contributed by atoms with E-state index in [1.165, 1.54) is 6.20 Å². The van der Waals surface area contributed by atoms with Crippen LogP contribution in [0.4, 0.5) is 0 Å². The van der Waals surface area contributed by atoms with Crippen LogP contribution in [0.1, 0.15) is 35.6 Å². The summed E-state index contributed by atoms with van der Waals surface area (Å²) >= 11 is 5.70. The quantitative estimate of drug-likeness (QED) is 0.895. The maximum Gasteiger partial charge on any atom is 0.356 e. The summed E-state index contributed by atoms with van der Waals surface area (Å²) in [6, 6.07) is 0. The fourth-order valence-corrected chi connectivity index (χ4v) is 2.00. The molecule has 5 nitrogen and oxygen atoms in total. The van der Waals surface area contributed by atoms with Gasteiger partial charge in [0.05, 0.1) is 17.3 Å². The number of hydrogen-bond donors (Lipinski definition) is 1. The van der Waals surface area contributed by atoms with E-state index >= 15 is 0 Å². The van der Waals surface area contributed by atoms with Crippen LogP contribution in [0.5, 0.6) is 0 Å². The van der Waals surface area contributed by atoms with Crippen molar-refractivity contribution < 1.29 is 14.6 Å². The maximum absolute atomic E-state index is 10.9. The van der Waals surface area contributed by atoms with Crippen molar-refractivity contribution in [3.05, 3.63) is 22.7 Å². The zero-order valence-electron chi connectivity index (χ0n) is 9.23. The van der Waals surface area contributed by atoms with Crippen molar-refractivity contribution in [2.24, 2.45) is 0 Å². The number of carboxylic acid groups (broad SMARTS) is 1. The number of halogens is 1. The lowest BCUT2D eigenvalue weighted by molar-refractivity contribution is 0.0155. The highest BCUT2D eigenvalue weighted by Crippen LogP contribution is 2.17. The molecule has 1 atom stereocenters. The highest BCUT2D eigenvalue weighted by molar-refractivity contribution is 6.33. The molecule has 0 saturated carbocycles. The van der Waals surface area contributed by atoms with E-state index in [1.807, 2.05) is 0 Å². The van der Waals surface area contributed by atoms with Gasteiger partial charge in [0.2, 0.25) is 0 Å². The topological polar surface area (TPSA) is 72.3 Å². The number of nitrogens with zero attached hydrogens (tertiary/aromatic N) is 2. The smallest absolute Gasteiger partial charge is 0.356 e. The number of carbonyl (C=O) groups is 1. The summed E-state index contributed by atoms with van der Waals surface area (Å²) in [4.78, 5) is 18.8. The standard InChI is InChI=1S/C11H13ClN2O3/c12-8-6-13-9(14-10(8)11(15)16)5-7-3-1-2-4-17-7/h6-7H,1-5H2,(H,15,16). The summed E-state index contributed by atoms with van der Waals surface area (Å²) in [6.45, 7) is 0.754. The third-order valence-electron chi connectivity index (χ3n) is 2.68. The van der Waals surface area contributed by atoms with E-state index in [0.29, 0.717) is 12.2 Å². The Hall–Kier alpha value is -1.20. The molecule has 2 rings (SSSR count). The SMILES string of the molecule is O=C(O)c1nc(CC2CCCCO2)ncc1Cl. The van der Waals surface area contributed by atoms with Crippen molar-refractivity contribution in [3.8, 4) is 0 Å². The van der Waals surface area contributed by atoms with Crippen molar-refractivity contribution in [2.45, 2.75) is 31.8 Å². The van der Waals surface area contributed by atoms with Gasteiger partial charge in [0.1, 0.15) is 5.82 Å². The molecular weight excluding hydrogens is 244 g/mol. The van der Waals surface area contributed by atoms with E-state index in [1.54, 1.807) is 0 Å². The van der Waals surface area contributed by atoms with E-state index in [0.717, 1.165) is 25.9 Å². The van der Waals surface area contributed by atoms with Crippen molar-refractivity contribution in [3.63, 3.8) is 0 Å². The molecule has 0 spiro atoms. The first-order valence-electron chi connectivity index (χ1n) is 5.53. The predicted molar refractivity (Wildman–Crippen MR) is 61.3 cm³/mol. The van der Waals surface area contributed by atoms with Crippen LogP contribution in [0.25, 0.3) is 0 Å². The van der Waals surface area contributed by atoms with Gasteiger partial charge in [-0.25, -0.2) is 14.8 Å². The second-order valence-corrected chi connectivity index (χ2v) is 4.39. The Kier molecular flexibility index (Phi) is 3.91. The highest BCUT2D eigenvalue weighted by Gasteiger charge is 2.18. The molecule has 2 heterocycles. The summed E-state index contributed by atoms with van der Waals surface area (Å²) in [5.74, 6) is -0.665. The van der Waals surface area contributed by atoms with Gasteiger partial charge in [-0.1, -0.05) is 11.6 Å². The number of carboxylic acids is 1. The molecule has 0 bridgehead atoms. The Bertz CT molecular complexity index is 419. The molecule has 1 aromatic rings. The summed E-state index contributed by atoms with van der Waals surface area (Å²) in [5, 5.41) is 8.95. The summed E-state index contributed by atoms with van der Waals surface area (Å²) < 4.78 is 5.55. The molecule has 0 aromatic carbocycles. The third kappa shape index (κ3) is 3.14. The van der Waals surface area contributed by atoms with Crippen LogP contribution in [-0.4, -0.2) is 33.8 Å². The average molecular weight is 257 g/mol. The van der Waals surface area contributed by atoms with Gasteiger partial charge in [-0.05, 0) is 19.3 Å². The molecule has 17 heavy (non-hydrogen) atoms. The number of aromatic carboxylic acids is 1. The minimum Gasteiger partial charge on any atom is -0.476 e. The number of hydrogen-bond acceptors (Lipinski definition) is 4. The number of ether oxygens (including phenoxy) is 1. The van der Waals surface area contributed by atoms with Crippen molar-refractivity contribution >= 4 is 17.6 Å². The van der Waals surface area contributed by atoms with Crippen LogP contribution in [0.15, 0.2) is 6.20 Å². The average Bonchev–Trinajstić information content (AvgIpc) is 2.32. The summed E-state index contributed by atoms with van der Waals surface area (Å²) in [6.07, 6.45) is 5.14. The lowest BCUT2D eigenvalue weighted by atomic mass is 10.1. The van der Waals surface area contributed by atoms with E-state index < -0.39 is 5.97 Å². The molecule has 0 radical (unpaired) electrons. The zero-order chi connectivity index (χ0) is 12.3. The number of rotatable bonds is 3. The van der Waals surface area contributed by atoms with Crippen molar-refractivity contribution in [2.75, 3.05) is 6.61 Å². The van der Waals surface area contributed by atoms with Crippen LogP contribution in [0.3, 0.4) is 0 Å².